The maximum absolute atomic E-state index is 13.3. The van der Waals surface area contributed by atoms with Crippen LogP contribution in [0.3, 0.4) is 0 Å². The van der Waals surface area contributed by atoms with Gasteiger partial charge in [0, 0.05) is 19.5 Å². The van der Waals surface area contributed by atoms with E-state index in [1.807, 2.05) is 13.8 Å². The second-order valence-electron chi connectivity index (χ2n) is 9.91. The number of rotatable bonds is 9. The topological polar surface area (TPSA) is 49.4 Å². The molecule has 0 saturated carbocycles. The fourth-order valence-corrected chi connectivity index (χ4v) is 3.39. The summed E-state index contributed by atoms with van der Waals surface area (Å²) in [6.07, 6.45) is 0.904. The van der Waals surface area contributed by atoms with E-state index < -0.39 is 6.04 Å². The fourth-order valence-electron chi connectivity index (χ4n) is 3.39. The average molecular weight is 441 g/mol. The van der Waals surface area contributed by atoms with Gasteiger partial charge in [0.05, 0.1) is 0 Å². The van der Waals surface area contributed by atoms with Gasteiger partial charge in [0.2, 0.25) is 11.8 Å². The van der Waals surface area contributed by atoms with Crippen molar-refractivity contribution >= 4 is 11.8 Å². The smallest absolute Gasteiger partial charge is 0.242 e. The van der Waals surface area contributed by atoms with Crippen LogP contribution in [0.5, 0.6) is 0 Å². The monoisotopic (exact) mass is 440 g/mol. The van der Waals surface area contributed by atoms with E-state index in [2.05, 4.69) is 50.4 Å². The van der Waals surface area contributed by atoms with Crippen LogP contribution in [0.15, 0.2) is 48.5 Å². The molecule has 0 fully saturated rings. The van der Waals surface area contributed by atoms with Gasteiger partial charge in [-0.25, -0.2) is 4.39 Å². The maximum Gasteiger partial charge on any atom is 0.242 e. The van der Waals surface area contributed by atoms with Gasteiger partial charge in [-0.1, -0.05) is 71.0 Å². The van der Waals surface area contributed by atoms with Crippen molar-refractivity contribution in [1.29, 1.82) is 0 Å². The Bertz CT molecular complexity index is 883. The lowest BCUT2D eigenvalue weighted by Gasteiger charge is -2.29. The van der Waals surface area contributed by atoms with Gasteiger partial charge >= 0.3 is 0 Å². The van der Waals surface area contributed by atoms with Gasteiger partial charge in [-0.3, -0.25) is 9.59 Å². The lowest BCUT2D eigenvalue weighted by molar-refractivity contribution is -0.140. The molecule has 174 valence electrons. The summed E-state index contributed by atoms with van der Waals surface area (Å²) >= 11 is 0. The standard InChI is InChI=1S/C27H37FN2O2/c1-19(2)17-29-26(32)20(3)30(18-22-9-14-24(28)15-10-22)25(31)16-11-21-7-12-23(13-8-21)27(4,5)6/h7-10,12-15,19-20H,11,16-18H2,1-6H3,(H,29,32)/t20-/m0/s1. The molecule has 4 nitrogen and oxygen atoms in total. The minimum absolute atomic E-state index is 0.0824. The van der Waals surface area contributed by atoms with Crippen LogP contribution >= 0.6 is 0 Å². The van der Waals surface area contributed by atoms with Crippen LogP contribution in [0.1, 0.15) is 64.7 Å². The molecule has 0 aliphatic rings. The maximum atomic E-state index is 13.3. The molecular weight excluding hydrogens is 403 g/mol. The van der Waals surface area contributed by atoms with Crippen molar-refractivity contribution in [2.75, 3.05) is 6.54 Å². The first-order chi connectivity index (χ1) is 15.0. The number of nitrogens with zero attached hydrogens (tertiary/aromatic N) is 1. The highest BCUT2D eigenvalue weighted by atomic mass is 19.1. The third kappa shape index (κ3) is 7.77. The zero-order chi connectivity index (χ0) is 23.9. The molecule has 0 bridgehead atoms. The summed E-state index contributed by atoms with van der Waals surface area (Å²) in [5, 5.41) is 2.91. The highest BCUT2D eigenvalue weighted by Gasteiger charge is 2.26. The van der Waals surface area contributed by atoms with Crippen LogP contribution in [0.4, 0.5) is 4.39 Å². The van der Waals surface area contributed by atoms with E-state index in [1.54, 1.807) is 24.0 Å². The SMILES string of the molecule is CC(C)CNC(=O)[C@H](C)N(Cc1ccc(F)cc1)C(=O)CCc1ccc(C(C)(C)C)cc1. The van der Waals surface area contributed by atoms with Crippen LogP contribution in [-0.4, -0.2) is 29.3 Å². The van der Waals surface area contributed by atoms with E-state index >= 15 is 0 Å². The predicted molar refractivity (Wildman–Crippen MR) is 128 cm³/mol. The summed E-state index contributed by atoms with van der Waals surface area (Å²) in [7, 11) is 0. The minimum Gasteiger partial charge on any atom is -0.354 e. The Morgan fingerprint density at radius 1 is 0.938 bits per heavy atom. The number of nitrogens with one attached hydrogen (secondary N) is 1. The molecule has 0 heterocycles. The first-order valence-corrected chi connectivity index (χ1v) is 11.4. The highest BCUT2D eigenvalue weighted by molar-refractivity contribution is 5.87. The van der Waals surface area contributed by atoms with Crippen molar-refractivity contribution in [2.24, 2.45) is 5.92 Å². The first kappa shape index (κ1) is 25.6. The van der Waals surface area contributed by atoms with E-state index in [-0.39, 0.29) is 29.6 Å². The zero-order valence-electron chi connectivity index (χ0n) is 20.2. The number of halogens is 1. The molecule has 2 amide bonds. The van der Waals surface area contributed by atoms with E-state index in [9.17, 15) is 14.0 Å². The second-order valence-corrected chi connectivity index (χ2v) is 9.91. The molecule has 0 aromatic heterocycles. The number of carbonyl (C=O) groups is 2. The highest BCUT2D eigenvalue weighted by Crippen LogP contribution is 2.22. The van der Waals surface area contributed by atoms with Gasteiger partial charge in [-0.05, 0) is 53.5 Å². The zero-order valence-corrected chi connectivity index (χ0v) is 20.2. The molecule has 2 rings (SSSR count). The lowest BCUT2D eigenvalue weighted by Crippen LogP contribution is -2.48. The van der Waals surface area contributed by atoms with Gasteiger partial charge < -0.3 is 10.2 Å². The number of hydrogen-bond acceptors (Lipinski definition) is 2. The molecule has 0 spiro atoms. The summed E-state index contributed by atoms with van der Waals surface area (Å²) in [4.78, 5) is 27.4. The Kier molecular flexibility index (Phi) is 8.99. The van der Waals surface area contributed by atoms with Crippen molar-refractivity contribution < 1.29 is 14.0 Å². The Balaban J connectivity index is 2.11. The Hall–Kier alpha value is -2.69. The number of benzene rings is 2. The number of hydrogen-bond donors (Lipinski definition) is 1. The van der Waals surface area contributed by atoms with Crippen molar-refractivity contribution in [1.82, 2.24) is 10.2 Å². The largest absolute Gasteiger partial charge is 0.354 e. The van der Waals surface area contributed by atoms with E-state index in [0.29, 0.717) is 25.3 Å². The van der Waals surface area contributed by atoms with Gasteiger partial charge in [-0.2, -0.15) is 0 Å². The van der Waals surface area contributed by atoms with Crippen molar-refractivity contribution in [3.8, 4) is 0 Å². The van der Waals surface area contributed by atoms with Crippen LogP contribution in [0.25, 0.3) is 0 Å². The predicted octanol–water partition coefficient (Wildman–Crippen LogP) is 5.25. The third-order valence-corrected chi connectivity index (χ3v) is 5.57. The number of carbonyl (C=O) groups excluding carboxylic acids is 2. The third-order valence-electron chi connectivity index (χ3n) is 5.57. The van der Waals surface area contributed by atoms with Gasteiger partial charge in [0.25, 0.3) is 0 Å². The van der Waals surface area contributed by atoms with Crippen molar-refractivity contribution in [2.45, 2.75) is 72.4 Å². The molecule has 0 radical (unpaired) electrons. The van der Waals surface area contributed by atoms with Gasteiger partial charge in [0.1, 0.15) is 11.9 Å². The lowest BCUT2D eigenvalue weighted by atomic mass is 9.86. The van der Waals surface area contributed by atoms with Gasteiger partial charge in [-0.15, -0.1) is 0 Å². The summed E-state index contributed by atoms with van der Waals surface area (Å²) in [5.74, 6) is -0.276. The summed E-state index contributed by atoms with van der Waals surface area (Å²) < 4.78 is 13.3. The van der Waals surface area contributed by atoms with E-state index in [4.69, 9.17) is 0 Å². The molecule has 5 heteroatoms. The molecule has 2 aromatic carbocycles. The van der Waals surface area contributed by atoms with E-state index in [0.717, 1.165) is 11.1 Å². The second kappa shape index (κ2) is 11.3. The Morgan fingerprint density at radius 3 is 2.03 bits per heavy atom. The molecular formula is C27H37FN2O2. The van der Waals surface area contributed by atoms with Crippen molar-refractivity contribution in [3.05, 3.63) is 71.0 Å². The molecule has 0 saturated heterocycles. The van der Waals surface area contributed by atoms with Crippen LogP contribution in [0.2, 0.25) is 0 Å². The molecule has 1 N–H and O–H groups in total. The number of amides is 2. The van der Waals surface area contributed by atoms with Gasteiger partial charge in [0.15, 0.2) is 0 Å². The van der Waals surface area contributed by atoms with E-state index in [1.165, 1.54) is 17.7 Å². The molecule has 32 heavy (non-hydrogen) atoms. The quantitative estimate of drug-likeness (QED) is 0.579. The summed E-state index contributed by atoms with van der Waals surface area (Å²) in [6, 6.07) is 13.8. The first-order valence-electron chi connectivity index (χ1n) is 11.4. The fraction of sp³-hybridized carbons (Fsp3) is 0.481. The Morgan fingerprint density at radius 2 is 1.50 bits per heavy atom. The Labute approximate surface area is 192 Å². The molecule has 0 unspecified atom stereocenters. The summed E-state index contributed by atoms with van der Waals surface area (Å²) in [5.41, 5.74) is 3.21. The van der Waals surface area contributed by atoms with Crippen LogP contribution < -0.4 is 5.32 Å². The molecule has 0 aliphatic carbocycles. The average Bonchev–Trinajstić information content (AvgIpc) is 2.74. The number of aryl methyl sites for hydroxylation is 1. The normalized spacial score (nSPS) is 12.5. The van der Waals surface area contributed by atoms with Crippen LogP contribution in [0, 0.1) is 11.7 Å². The minimum atomic E-state index is -0.616. The molecule has 1 atom stereocenters. The molecule has 0 aliphatic heterocycles. The molecule has 2 aromatic rings. The summed E-state index contributed by atoms with van der Waals surface area (Å²) in [6.45, 7) is 13.1. The van der Waals surface area contributed by atoms with Crippen LogP contribution in [-0.2, 0) is 28.0 Å². The van der Waals surface area contributed by atoms with Crippen molar-refractivity contribution in [3.63, 3.8) is 0 Å².